The summed E-state index contributed by atoms with van der Waals surface area (Å²) in [4.78, 5) is 0. The maximum Gasteiger partial charge on any atom is 0.0118 e. The Balaban J connectivity index is 2.10. The summed E-state index contributed by atoms with van der Waals surface area (Å²) < 4.78 is 0. The molecule has 0 radical (unpaired) electrons. The van der Waals surface area contributed by atoms with Gasteiger partial charge in [0.1, 0.15) is 0 Å². The van der Waals surface area contributed by atoms with E-state index in [0.29, 0.717) is 0 Å². The zero-order chi connectivity index (χ0) is 12.0. The lowest BCUT2D eigenvalue weighted by molar-refractivity contribution is 0.208. The molecule has 0 aromatic carbocycles. The highest BCUT2D eigenvalue weighted by Crippen LogP contribution is 2.28. The van der Waals surface area contributed by atoms with E-state index in [2.05, 4.69) is 33.0 Å². The van der Waals surface area contributed by atoms with Gasteiger partial charge in [0.25, 0.3) is 0 Å². The molecule has 0 amide bonds. The van der Waals surface area contributed by atoms with Crippen LogP contribution in [0.5, 0.6) is 0 Å². The molecule has 2 atom stereocenters. The van der Waals surface area contributed by atoms with Gasteiger partial charge in [-0.1, -0.05) is 47.0 Å². The van der Waals surface area contributed by atoms with E-state index in [9.17, 15) is 0 Å². The van der Waals surface area contributed by atoms with Crippen molar-refractivity contribution < 1.29 is 0 Å². The topological polar surface area (TPSA) is 12.0 Å². The van der Waals surface area contributed by atoms with E-state index >= 15 is 0 Å². The van der Waals surface area contributed by atoms with Crippen molar-refractivity contribution in [2.45, 2.75) is 72.3 Å². The van der Waals surface area contributed by atoms with E-state index in [-0.39, 0.29) is 0 Å². The van der Waals surface area contributed by atoms with E-state index in [4.69, 9.17) is 0 Å². The van der Waals surface area contributed by atoms with Crippen molar-refractivity contribution in [3.63, 3.8) is 0 Å². The van der Waals surface area contributed by atoms with Crippen molar-refractivity contribution in [2.24, 2.45) is 17.8 Å². The Morgan fingerprint density at radius 2 is 1.69 bits per heavy atom. The molecule has 0 aromatic heterocycles. The number of nitrogens with one attached hydrogen (secondary N) is 1. The molecule has 1 rings (SSSR count). The van der Waals surface area contributed by atoms with Crippen LogP contribution in [0.15, 0.2) is 0 Å². The van der Waals surface area contributed by atoms with Gasteiger partial charge in [-0.2, -0.15) is 0 Å². The van der Waals surface area contributed by atoms with Gasteiger partial charge in [-0.15, -0.1) is 0 Å². The van der Waals surface area contributed by atoms with Crippen molar-refractivity contribution >= 4 is 0 Å². The molecule has 0 bridgehead atoms. The highest BCUT2D eigenvalue weighted by Gasteiger charge is 2.26. The lowest BCUT2D eigenvalue weighted by atomic mass is 9.79. The summed E-state index contributed by atoms with van der Waals surface area (Å²) in [5.74, 6) is 2.63. The zero-order valence-corrected chi connectivity index (χ0v) is 11.8. The first-order valence-electron chi connectivity index (χ1n) is 7.34. The summed E-state index contributed by atoms with van der Waals surface area (Å²) in [6, 6.07) is 0.785. The van der Waals surface area contributed by atoms with Gasteiger partial charge >= 0.3 is 0 Å². The van der Waals surface area contributed by atoms with Crippen LogP contribution in [0.3, 0.4) is 0 Å². The van der Waals surface area contributed by atoms with Gasteiger partial charge in [0.2, 0.25) is 0 Å². The molecular formula is C15H31N. The van der Waals surface area contributed by atoms with Gasteiger partial charge in [0, 0.05) is 6.04 Å². The molecule has 0 aliphatic heterocycles. The van der Waals surface area contributed by atoms with Crippen LogP contribution >= 0.6 is 0 Å². The molecule has 16 heavy (non-hydrogen) atoms. The first-order valence-corrected chi connectivity index (χ1v) is 7.34. The molecule has 1 fully saturated rings. The summed E-state index contributed by atoms with van der Waals surface area (Å²) in [5, 5.41) is 3.79. The second kappa shape index (κ2) is 7.32. The van der Waals surface area contributed by atoms with Crippen LogP contribution in [-0.2, 0) is 0 Å². The standard InChI is InChI=1S/C15H31N/c1-12(2)8-5-6-11-16-15-13(3)9-7-10-14(15)4/h12-16H,5-11H2,1-4H3. The van der Waals surface area contributed by atoms with Crippen molar-refractivity contribution in [1.82, 2.24) is 5.32 Å². The van der Waals surface area contributed by atoms with Crippen LogP contribution in [0.4, 0.5) is 0 Å². The number of unbranched alkanes of at least 4 members (excludes halogenated alkanes) is 1. The smallest absolute Gasteiger partial charge is 0.0118 e. The molecule has 0 aromatic rings. The van der Waals surface area contributed by atoms with Crippen LogP contribution in [0.1, 0.15) is 66.2 Å². The number of rotatable bonds is 6. The molecule has 1 saturated carbocycles. The van der Waals surface area contributed by atoms with Crippen LogP contribution in [-0.4, -0.2) is 12.6 Å². The molecule has 1 N–H and O–H groups in total. The highest BCUT2D eigenvalue weighted by atomic mass is 14.9. The Labute approximate surface area is 102 Å². The molecule has 1 aliphatic carbocycles. The maximum absolute atomic E-state index is 3.79. The highest BCUT2D eigenvalue weighted by molar-refractivity contribution is 4.83. The molecule has 1 nitrogen and oxygen atoms in total. The fourth-order valence-electron chi connectivity index (χ4n) is 3.03. The maximum atomic E-state index is 3.79. The Morgan fingerprint density at radius 3 is 2.25 bits per heavy atom. The van der Waals surface area contributed by atoms with Gasteiger partial charge in [-0.25, -0.2) is 0 Å². The largest absolute Gasteiger partial charge is 0.313 e. The van der Waals surface area contributed by atoms with Crippen LogP contribution in [0, 0.1) is 17.8 Å². The average Bonchev–Trinajstić information content (AvgIpc) is 2.21. The normalized spacial score (nSPS) is 30.9. The van der Waals surface area contributed by atoms with Crippen molar-refractivity contribution in [3.05, 3.63) is 0 Å². The van der Waals surface area contributed by atoms with E-state index < -0.39 is 0 Å². The van der Waals surface area contributed by atoms with Crippen LogP contribution < -0.4 is 5.32 Å². The van der Waals surface area contributed by atoms with Gasteiger partial charge in [0.15, 0.2) is 0 Å². The summed E-state index contributed by atoms with van der Waals surface area (Å²) in [6.45, 7) is 10.7. The van der Waals surface area contributed by atoms with E-state index in [1.54, 1.807) is 0 Å². The SMILES string of the molecule is CC(C)CCCCNC1C(C)CCCC1C. The summed E-state index contributed by atoms with van der Waals surface area (Å²) in [6.07, 6.45) is 8.42. The molecule has 0 spiro atoms. The van der Waals surface area contributed by atoms with E-state index in [0.717, 1.165) is 23.8 Å². The van der Waals surface area contributed by atoms with Crippen LogP contribution in [0.2, 0.25) is 0 Å². The molecular weight excluding hydrogens is 194 g/mol. The molecule has 0 heterocycles. The molecule has 2 unspecified atom stereocenters. The minimum absolute atomic E-state index is 0.785. The summed E-state index contributed by atoms with van der Waals surface area (Å²) >= 11 is 0. The Morgan fingerprint density at radius 1 is 1.06 bits per heavy atom. The van der Waals surface area contributed by atoms with Gasteiger partial charge in [-0.3, -0.25) is 0 Å². The number of hydrogen-bond acceptors (Lipinski definition) is 1. The quantitative estimate of drug-likeness (QED) is 0.667. The predicted molar refractivity (Wildman–Crippen MR) is 72.7 cm³/mol. The third-order valence-corrected chi connectivity index (χ3v) is 4.13. The monoisotopic (exact) mass is 225 g/mol. The number of hydrogen-bond donors (Lipinski definition) is 1. The molecule has 1 heteroatoms. The first-order chi connectivity index (χ1) is 7.61. The van der Waals surface area contributed by atoms with E-state index in [1.807, 2.05) is 0 Å². The lowest BCUT2D eigenvalue weighted by Gasteiger charge is -2.35. The van der Waals surface area contributed by atoms with Gasteiger partial charge < -0.3 is 5.32 Å². The fraction of sp³-hybridized carbons (Fsp3) is 1.00. The predicted octanol–water partition coefficient (Wildman–Crippen LogP) is 4.23. The van der Waals surface area contributed by atoms with E-state index in [1.165, 1.54) is 45.1 Å². The first kappa shape index (κ1) is 14.0. The lowest BCUT2D eigenvalue weighted by Crippen LogP contribution is -2.43. The van der Waals surface area contributed by atoms with Crippen LogP contribution in [0.25, 0.3) is 0 Å². The third-order valence-electron chi connectivity index (χ3n) is 4.13. The summed E-state index contributed by atoms with van der Waals surface area (Å²) in [7, 11) is 0. The molecule has 1 aliphatic rings. The Hall–Kier alpha value is -0.0400. The average molecular weight is 225 g/mol. The van der Waals surface area contributed by atoms with Crippen molar-refractivity contribution in [1.29, 1.82) is 0 Å². The van der Waals surface area contributed by atoms with Gasteiger partial charge in [0.05, 0.1) is 0 Å². The second-order valence-electron chi connectivity index (χ2n) is 6.26. The minimum Gasteiger partial charge on any atom is -0.313 e. The second-order valence-corrected chi connectivity index (χ2v) is 6.26. The minimum atomic E-state index is 0.785. The Bertz CT molecular complexity index is 166. The summed E-state index contributed by atoms with van der Waals surface area (Å²) in [5.41, 5.74) is 0. The fourth-order valence-corrected chi connectivity index (χ4v) is 3.03. The van der Waals surface area contributed by atoms with Gasteiger partial charge in [-0.05, 0) is 43.6 Å². The van der Waals surface area contributed by atoms with Crippen molar-refractivity contribution in [2.75, 3.05) is 6.54 Å². The van der Waals surface area contributed by atoms with Crippen molar-refractivity contribution in [3.8, 4) is 0 Å². The Kier molecular flexibility index (Phi) is 6.41. The third kappa shape index (κ3) is 4.86. The zero-order valence-electron chi connectivity index (χ0n) is 11.8. The molecule has 0 saturated heterocycles. The molecule has 96 valence electrons.